The monoisotopic (exact) mass is 414 g/mol. The summed E-state index contributed by atoms with van der Waals surface area (Å²) in [6.07, 6.45) is 3.16. The van der Waals surface area contributed by atoms with Crippen molar-refractivity contribution in [2.45, 2.75) is 39.2 Å². The quantitative estimate of drug-likeness (QED) is 0.693. The van der Waals surface area contributed by atoms with Gasteiger partial charge in [-0.05, 0) is 43.9 Å². The van der Waals surface area contributed by atoms with E-state index >= 15 is 0 Å². The molecule has 2 heterocycles. The van der Waals surface area contributed by atoms with E-state index in [4.69, 9.17) is 5.10 Å². The second-order valence-corrected chi connectivity index (χ2v) is 8.52. The van der Waals surface area contributed by atoms with E-state index in [0.29, 0.717) is 13.1 Å². The Balaban J connectivity index is 1.33. The SMILES string of the molecule is Cc1ccc(CN2C[C@@H](C(=O)Nc3c4c(nn3-c3ccccc3)CCC4)CC2=O)cc1. The average Bonchev–Trinajstić information content (AvgIpc) is 3.47. The second-order valence-electron chi connectivity index (χ2n) is 8.52. The molecule has 6 heteroatoms. The molecule has 1 aliphatic heterocycles. The first-order chi connectivity index (χ1) is 15.1. The standard InChI is InChI=1S/C25H26N4O2/c1-17-10-12-18(13-11-17)15-28-16-19(14-23(28)30)25(31)26-24-21-8-5-9-22(21)27-29(24)20-6-3-2-4-7-20/h2-4,6-7,10-13,19H,5,8-9,14-16H2,1H3,(H,26,31)/t19-/m0/s1. The summed E-state index contributed by atoms with van der Waals surface area (Å²) in [5.41, 5.74) is 5.38. The number of aromatic nitrogens is 2. The maximum atomic E-state index is 13.2. The number of likely N-dealkylation sites (tertiary alicyclic amines) is 1. The Morgan fingerprint density at radius 3 is 2.65 bits per heavy atom. The summed E-state index contributed by atoms with van der Waals surface area (Å²) in [5, 5.41) is 7.88. The smallest absolute Gasteiger partial charge is 0.230 e. The first kappa shape index (κ1) is 19.5. The lowest BCUT2D eigenvalue weighted by Crippen LogP contribution is -2.28. The first-order valence-corrected chi connectivity index (χ1v) is 10.9. The number of benzene rings is 2. The molecule has 3 aromatic rings. The van der Waals surface area contributed by atoms with Gasteiger partial charge in [0.2, 0.25) is 11.8 Å². The van der Waals surface area contributed by atoms with Crippen molar-refractivity contribution in [1.29, 1.82) is 0 Å². The molecule has 1 N–H and O–H groups in total. The summed E-state index contributed by atoms with van der Waals surface area (Å²) >= 11 is 0. The molecule has 0 unspecified atom stereocenters. The van der Waals surface area contributed by atoms with Gasteiger partial charge in [-0.3, -0.25) is 9.59 Å². The van der Waals surface area contributed by atoms with Crippen LogP contribution in [0.5, 0.6) is 0 Å². The van der Waals surface area contributed by atoms with Gasteiger partial charge in [0.15, 0.2) is 0 Å². The number of carbonyl (C=O) groups excluding carboxylic acids is 2. The minimum absolute atomic E-state index is 0.0301. The molecule has 1 aromatic heterocycles. The highest BCUT2D eigenvalue weighted by atomic mass is 16.2. The molecule has 2 amide bonds. The minimum atomic E-state index is -0.353. The fourth-order valence-corrected chi connectivity index (χ4v) is 4.51. The number of fused-ring (bicyclic) bond motifs is 1. The number of anilines is 1. The molecule has 1 saturated heterocycles. The summed E-state index contributed by atoms with van der Waals surface area (Å²) in [4.78, 5) is 27.5. The van der Waals surface area contributed by atoms with E-state index < -0.39 is 0 Å². The fourth-order valence-electron chi connectivity index (χ4n) is 4.51. The third kappa shape index (κ3) is 3.85. The van der Waals surface area contributed by atoms with Crippen LogP contribution in [-0.2, 0) is 29.0 Å². The maximum Gasteiger partial charge on any atom is 0.230 e. The van der Waals surface area contributed by atoms with Crippen LogP contribution in [0.2, 0.25) is 0 Å². The minimum Gasteiger partial charge on any atom is -0.338 e. The summed E-state index contributed by atoms with van der Waals surface area (Å²) in [5.74, 6) is 0.330. The van der Waals surface area contributed by atoms with E-state index in [-0.39, 0.29) is 24.2 Å². The molecular formula is C25H26N4O2. The van der Waals surface area contributed by atoms with Crippen molar-refractivity contribution in [2.24, 2.45) is 5.92 Å². The van der Waals surface area contributed by atoms with Crippen LogP contribution in [0.25, 0.3) is 5.69 Å². The van der Waals surface area contributed by atoms with Crippen molar-refractivity contribution >= 4 is 17.6 Å². The highest BCUT2D eigenvalue weighted by Gasteiger charge is 2.35. The lowest BCUT2D eigenvalue weighted by molar-refractivity contribution is -0.128. The van der Waals surface area contributed by atoms with E-state index in [0.717, 1.165) is 47.6 Å². The normalized spacial score (nSPS) is 17.8. The Hall–Kier alpha value is -3.41. The zero-order valence-corrected chi connectivity index (χ0v) is 17.7. The van der Waals surface area contributed by atoms with E-state index in [9.17, 15) is 9.59 Å². The number of hydrogen-bond donors (Lipinski definition) is 1. The summed E-state index contributed by atoms with van der Waals surface area (Å²) in [6.45, 7) is 3.03. The van der Waals surface area contributed by atoms with Crippen LogP contribution in [0.15, 0.2) is 54.6 Å². The van der Waals surface area contributed by atoms with E-state index in [2.05, 4.69) is 5.32 Å². The Labute approximate surface area is 181 Å². The number of hydrogen-bond acceptors (Lipinski definition) is 3. The summed E-state index contributed by atoms with van der Waals surface area (Å²) in [6, 6.07) is 18.0. The molecule has 0 spiro atoms. The number of rotatable bonds is 5. The van der Waals surface area contributed by atoms with Crippen molar-refractivity contribution in [3.63, 3.8) is 0 Å². The molecule has 2 aromatic carbocycles. The Morgan fingerprint density at radius 1 is 1.10 bits per heavy atom. The number of nitrogens with zero attached hydrogens (tertiary/aromatic N) is 3. The summed E-state index contributed by atoms with van der Waals surface area (Å²) < 4.78 is 1.84. The molecule has 5 rings (SSSR count). The molecule has 0 saturated carbocycles. The third-order valence-corrected chi connectivity index (χ3v) is 6.23. The van der Waals surface area contributed by atoms with Crippen LogP contribution in [0, 0.1) is 12.8 Å². The summed E-state index contributed by atoms with van der Waals surface area (Å²) in [7, 11) is 0. The Bertz CT molecular complexity index is 1120. The molecule has 1 aliphatic carbocycles. The zero-order valence-electron chi connectivity index (χ0n) is 17.7. The van der Waals surface area contributed by atoms with E-state index in [1.54, 1.807) is 4.90 Å². The molecule has 31 heavy (non-hydrogen) atoms. The molecular weight excluding hydrogens is 388 g/mol. The number of amides is 2. The topological polar surface area (TPSA) is 67.2 Å². The Kier molecular flexibility index (Phi) is 5.06. The number of carbonyl (C=O) groups is 2. The maximum absolute atomic E-state index is 13.2. The average molecular weight is 415 g/mol. The highest BCUT2D eigenvalue weighted by molar-refractivity contribution is 5.97. The van der Waals surface area contributed by atoms with Crippen molar-refractivity contribution in [3.8, 4) is 5.69 Å². The molecule has 1 fully saturated rings. The molecule has 2 aliphatic rings. The largest absolute Gasteiger partial charge is 0.338 e. The number of aryl methyl sites for hydroxylation is 2. The van der Waals surface area contributed by atoms with Gasteiger partial charge in [-0.1, -0.05) is 48.0 Å². The van der Waals surface area contributed by atoms with Crippen molar-refractivity contribution in [2.75, 3.05) is 11.9 Å². The van der Waals surface area contributed by atoms with Gasteiger partial charge < -0.3 is 10.2 Å². The fraction of sp³-hybridized carbons (Fsp3) is 0.320. The van der Waals surface area contributed by atoms with Crippen LogP contribution < -0.4 is 5.32 Å². The van der Waals surface area contributed by atoms with Crippen molar-refractivity contribution in [1.82, 2.24) is 14.7 Å². The van der Waals surface area contributed by atoms with Crippen LogP contribution in [-0.4, -0.2) is 33.0 Å². The van der Waals surface area contributed by atoms with Crippen LogP contribution >= 0.6 is 0 Å². The van der Waals surface area contributed by atoms with Gasteiger partial charge in [-0.25, -0.2) is 4.68 Å². The molecule has 0 radical (unpaired) electrons. The van der Waals surface area contributed by atoms with E-state index in [1.165, 1.54) is 5.56 Å². The number of nitrogens with one attached hydrogen (secondary N) is 1. The van der Waals surface area contributed by atoms with Crippen LogP contribution in [0.1, 0.15) is 35.2 Å². The van der Waals surface area contributed by atoms with Gasteiger partial charge >= 0.3 is 0 Å². The second kappa shape index (κ2) is 8.02. The zero-order chi connectivity index (χ0) is 21.4. The van der Waals surface area contributed by atoms with E-state index in [1.807, 2.05) is 66.2 Å². The lowest BCUT2D eigenvalue weighted by atomic mass is 10.1. The number of para-hydroxylation sites is 1. The predicted molar refractivity (Wildman–Crippen MR) is 119 cm³/mol. The van der Waals surface area contributed by atoms with Crippen LogP contribution in [0.4, 0.5) is 5.82 Å². The van der Waals surface area contributed by atoms with Crippen molar-refractivity contribution < 1.29 is 9.59 Å². The lowest BCUT2D eigenvalue weighted by Gasteiger charge is -2.17. The van der Waals surface area contributed by atoms with Crippen LogP contribution in [0.3, 0.4) is 0 Å². The van der Waals surface area contributed by atoms with Gasteiger partial charge in [0.25, 0.3) is 0 Å². The van der Waals surface area contributed by atoms with Gasteiger partial charge in [0.05, 0.1) is 17.3 Å². The molecule has 158 valence electrons. The third-order valence-electron chi connectivity index (χ3n) is 6.23. The van der Waals surface area contributed by atoms with Gasteiger partial charge in [0.1, 0.15) is 5.82 Å². The highest BCUT2D eigenvalue weighted by Crippen LogP contribution is 2.32. The van der Waals surface area contributed by atoms with Crippen molar-refractivity contribution in [3.05, 3.63) is 77.0 Å². The van der Waals surface area contributed by atoms with Gasteiger partial charge in [-0.2, -0.15) is 5.10 Å². The molecule has 0 bridgehead atoms. The predicted octanol–water partition coefficient (Wildman–Crippen LogP) is 3.66. The Morgan fingerprint density at radius 2 is 1.87 bits per heavy atom. The first-order valence-electron chi connectivity index (χ1n) is 10.9. The van der Waals surface area contributed by atoms with Gasteiger partial charge in [0, 0.05) is 25.1 Å². The molecule has 1 atom stereocenters. The molecule has 6 nitrogen and oxygen atoms in total. The van der Waals surface area contributed by atoms with Gasteiger partial charge in [-0.15, -0.1) is 0 Å².